The Morgan fingerprint density at radius 2 is 2.08 bits per heavy atom. The van der Waals surface area contributed by atoms with E-state index in [2.05, 4.69) is 56.1 Å². The van der Waals surface area contributed by atoms with Gasteiger partial charge in [-0.25, -0.2) is 0 Å². The number of amides is 1. The Bertz CT molecular complexity index is 601. The number of benzene rings is 1. The molecule has 0 bridgehead atoms. The predicted molar refractivity (Wildman–Crippen MR) is 96.0 cm³/mol. The summed E-state index contributed by atoms with van der Waals surface area (Å²) in [6.07, 6.45) is 1.88. The maximum atomic E-state index is 13.1. The van der Waals surface area contributed by atoms with Crippen LogP contribution in [0.3, 0.4) is 0 Å². The summed E-state index contributed by atoms with van der Waals surface area (Å²) in [5.74, 6) is 0.468. The van der Waals surface area contributed by atoms with Gasteiger partial charge in [0.2, 0.25) is 5.91 Å². The van der Waals surface area contributed by atoms with E-state index in [1.165, 1.54) is 16.7 Å². The van der Waals surface area contributed by atoms with Crippen molar-refractivity contribution in [3.05, 3.63) is 34.9 Å². The lowest BCUT2D eigenvalue weighted by Crippen LogP contribution is -2.52. The summed E-state index contributed by atoms with van der Waals surface area (Å²) in [4.78, 5) is 15.1. The Kier molecular flexibility index (Phi) is 5.26. The first-order valence-electron chi connectivity index (χ1n) is 9.18. The third-order valence-corrected chi connectivity index (χ3v) is 5.47. The van der Waals surface area contributed by atoms with Gasteiger partial charge in [0.15, 0.2) is 0 Å². The number of ether oxygens (including phenoxy) is 1. The molecule has 1 aromatic rings. The Hall–Kier alpha value is -1.39. The molecule has 0 saturated carbocycles. The third kappa shape index (κ3) is 3.65. The fraction of sp³-hybridized carbons (Fsp3) is 0.650. The van der Waals surface area contributed by atoms with Gasteiger partial charge in [0.1, 0.15) is 6.10 Å². The maximum Gasteiger partial charge on any atom is 0.226 e. The average Bonchev–Trinajstić information content (AvgIpc) is 2.57. The highest BCUT2D eigenvalue weighted by Gasteiger charge is 2.35. The molecule has 2 heterocycles. The molecule has 4 heteroatoms. The lowest BCUT2D eigenvalue weighted by molar-refractivity contribution is -0.150. The van der Waals surface area contributed by atoms with Crippen LogP contribution in [0.4, 0.5) is 0 Å². The summed E-state index contributed by atoms with van der Waals surface area (Å²) in [5.41, 5.74) is 3.70. The van der Waals surface area contributed by atoms with Gasteiger partial charge in [0, 0.05) is 12.0 Å². The molecule has 1 N–H and O–H groups in total. The topological polar surface area (TPSA) is 41.6 Å². The van der Waals surface area contributed by atoms with Gasteiger partial charge >= 0.3 is 0 Å². The number of hydrogen-bond acceptors (Lipinski definition) is 3. The van der Waals surface area contributed by atoms with Crippen molar-refractivity contribution >= 4 is 5.91 Å². The van der Waals surface area contributed by atoms with E-state index < -0.39 is 0 Å². The number of aryl methyl sites for hydroxylation is 2. The molecule has 0 unspecified atom stereocenters. The molecule has 1 aromatic carbocycles. The summed E-state index contributed by atoms with van der Waals surface area (Å²) < 4.78 is 6.09. The summed E-state index contributed by atoms with van der Waals surface area (Å²) in [6, 6.07) is 7.06. The molecule has 0 spiro atoms. The molecule has 1 amide bonds. The zero-order valence-corrected chi connectivity index (χ0v) is 15.3. The fourth-order valence-electron chi connectivity index (χ4n) is 3.95. The summed E-state index contributed by atoms with van der Waals surface area (Å²) in [7, 11) is 0. The van der Waals surface area contributed by atoms with Crippen LogP contribution in [0, 0.1) is 19.8 Å². The van der Waals surface area contributed by atoms with Crippen molar-refractivity contribution in [2.45, 2.75) is 58.7 Å². The van der Waals surface area contributed by atoms with Crippen molar-refractivity contribution in [3.8, 4) is 0 Å². The minimum absolute atomic E-state index is 0.0100. The zero-order chi connectivity index (χ0) is 17.3. The largest absolute Gasteiger partial charge is 0.370 e. The number of hydrogen-bond donors (Lipinski definition) is 1. The van der Waals surface area contributed by atoms with Crippen molar-refractivity contribution in [1.82, 2.24) is 10.2 Å². The Labute approximate surface area is 145 Å². The maximum absolute atomic E-state index is 13.1. The van der Waals surface area contributed by atoms with Crippen molar-refractivity contribution in [3.63, 3.8) is 0 Å². The van der Waals surface area contributed by atoms with Gasteiger partial charge in [-0.05, 0) is 58.2 Å². The molecule has 4 atom stereocenters. The van der Waals surface area contributed by atoms with Crippen LogP contribution in [-0.4, -0.2) is 42.6 Å². The molecule has 132 valence electrons. The number of rotatable bonds is 2. The molecule has 0 aliphatic carbocycles. The summed E-state index contributed by atoms with van der Waals surface area (Å²) in [6.45, 7) is 10.7. The van der Waals surface area contributed by atoms with E-state index in [1.54, 1.807) is 0 Å². The number of piperidine rings is 1. The molecule has 4 nitrogen and oxygen atoms in total. The highest BCUT2D eigenvalue weighted by Crippen LogP contribution is 2.30. The van der Waals surface area contributed by atoms with E-state index >= 15 is 0 Å². The van der Waals surface area contributed by atoms with Crippen LogP contribution < -0.4 is 5.32 Å². The first-order valence-corrected chi connectivity index (χ1v) is 9.18. The van der Waals surface area contributed by atoms with Crippen LogP contribution in [-0.2, 0) is 9.53 Å². The zero-order valence-electron chi connectivity index (χ0n) is 15.3. The van der Waals surface area contributed by atoms with Gasteiger partial charge in [-0.1, -0.05) is 23.8 Å². The van der Waals surface area contributed by atoms with Crippen molar-refractivity contribution < 1.29 is 9.53 Å². The molecule has 2 saturated heterocycles. The van der Waals surface area contributed by atoms with Crippen LogP contribution in [0.25, 0.3) is 0 Å². The number of nitrogens with zero attached hydrogens (tertiary/aromatic N) is 1. The van der Waals surface area contributed by atoms with Crippen LogP contribution in [0.1, 0.15) is 49.5 Å². The highest BCUT2D eigenvalue weighted by molar-refractivity contribution is 5.79. The van der Waals surface area contributed by atoms with Crippen LogP contribution >= 0.6 is 0 Å². The van der Waals surface area contributed by atoms with E-state index in [-0.39, 0.29) is 18.1 Å². The molecule has 3 rings (SSSR count). The Morgan fingerprint density at radius 1 is 1.29 bits per heavy atom. The fourth-order valence-corrected chi connectivity index (χ4v) is 3.95. The quantitative estimate of drug-likeness (QED) is 0.906. The molecular weight excluding hydrogens is 300 g/mol. The van der Waals surface area contributed by atoms with Gasteiger partial charge in [-0.2, -0.15) is 0 Å². The monoisotopic (exact) mass is 330 g/mol. The molecule has 0 radical (unpaired) electrons. The molecular formula is C20H30N2O2. The first-order chi connectivity index (χ1) is 11.5. The first kappa shape index (κ1) is 17.4. The van der Waals surface area contributed by atoms with E-state index in [1.807, 2.05) is 0 Å². The SMILES string of the molecule is Cc1ccc(C)c([C@H]2CN(C(=O)[C@H]3CCN[C@@H](C)C3)[C@@H](C)CO2)c1. The second kappa shape index (κ2) is 7.24. The van der Waals surface area contributed by atoms with Crippen molar-refractivity contribution in [1.29, 1.82) is 0 Å². The molecule has 0 aromatic heterocycles. The van der Waals surface area contributed by atoms with Crippen molar-refractivity contribution in [2.75, 3.05) is 19.7 Å². The third-order valence-electron chi connectivity index (χ3n) is 5.47. The average molecular weight is 330 g/mol. The van der Waals surface area contributed by atoms with E-state index in [9.17, 15) is 4.79 Å². The van der Waals surface area contributed by atoms with Crippen molar-refractivity contribution in [2.24, 2.45) is 5.92 Å². The van der Waals surface area contributed by atoms with Crippen LogP contribution in [0.15, 0.2) is 18.2 Å². The second-order valence-electron chi connectivity index (χ2n) is 7.60. The number of carbonyl (C=O) groups is 1. The molecule has 2 aliphatic rings. The Balaban J connectivity index is 1.75. The lowest BCUT2D eigenvalue weighted by Gasteiger charge is -2.41. The van der Waals surface area contributed by atoms with Crippen LogP contribution in [0.2, 0.25) is 0 Å². The summed E-state index contributed by atoms with van der Waals surface area (Å²) in [5, 5.41) is 3.43. The van der Waals surface area contributed by atoms with E-state index in [0.717, 1.165) is 19.4 Å². The normalized spacial score (nSPS) is 31.1. The standard InChI is InChI=1S/C20H30N2O2/c1-13-5-6-14(2)18(9-13)19-11-22(16(4)12-24-19)20(23)17-7-8-21-15(3)10-17/h5-6,9,15-17,19,21H,7-8,10-12H2,1-4H3/t15-,16-,17-,19+/m0/s1. The van der Waals surface area contributed by atoms with E-state index in [0.29, 0.717) is 25.1 Å². The minimum Gasteiger partial charge on any atom is -0.370 e. The highest BCUT2D eigenvalue weighted by atomic mass is 16.5. The minimum atomic E-state index is -0.0100. The molecule has 2 fully saturated rings. The number of carbonyl (C=O) groups excluding carboxylic acids is 1. The van der Waals surface area contributed by atoms with Gasteiger partial charge in [-0.3, -0.25) is 4.79 Å². The molecule has 2 aliphatic heterocycles. The smallest absolute Gasteiger partial charge is 0.226 e. The number of nitrogens with one attached hydrogen (secondary N) is 1. The van der Waals surface area contributed by atoms with Gasteiger partial charge in [0.25, 0.3) is 0 Å². The summed E-state index contributed by atoms with van der Waals surface area (Å²) >= 11 is 0. The van der Waals surface area contributed by atoms with E-state index in [4.69, 9.17) is 4.74 Å². The lowest BCUT2D eigenvalue weighted by atomic mass is 9.90. The second-order valence-corrected chi connectivity index (χ2v) is 7.60. The van der Waals surface area contributed by atoms with Gasteiger partial charge < -0.3 is 15.0 Å². The number of morpholine rings is 1. The van der Waals surface area contributed by atoms with Crippen LogP contribution in [0.5, 0.6) is 0 Å². The predicted octanol–water partition coefficient (Wildman–Crippen LogP) is 2.98. The molecule has 24 heavy (non-hydrogen) atoms. The van der Waals surface area contributed by atoms with Gasteiger partial charge in [-0.15, -0.1) is 0 Å². The Morgan fingerprint density at radius 3 is 2.83 bits per heavy atom. The van der Waals surface area contributed by atoms with Gasteiger partial charge in [0.05, 0.1) is 19.2 Å².